The Bertz CT molecular complexity index is 710. The molecule has 2 N–H and O–H groups in total. The third-order valence-electron chi connectivity index (χ3n) is 5.32. The molecular weight excluding hydrogens is 319 g/mol. The van der Waals surface area contributed by atoms with Crippen LogP contribution in [0.5, 0.6) is 0 Å². The molecule has 2 aliphatic rings. The minimum atomic E-state index is -0.341. The number of rotatable bonds is 4. The lowest BCUT2D eigenvalue weighted by atomic mass is 9.57. The van der Waals surface area contributed by atoms with E-state index in [-0.39, 0.29) is 23.8 Å². The normalized spacial score (nSPS) is 27.2. The molecule has 1 aliphatic heterocycles. The highest BCUT2D eigenvalue weighted by Crippen LogP contribution is 2.52. The molecule has 1 saturated heterocycles. The van der Waals surface area contributed by atoms with Gasteiger partial charge in [0.05, 0.1) is 24.3 Å². The Balaban J connectivity index is 1.73. The maximum Gasteiger partial charge on any atom is 0.191 e. The number of nitrogens with zero attached hydrogens (tertiary/aromatic N) is 2. The average Bonchev–Trinajstić information content (AvgIpc) is 3.05. The van der Waals surface area contributed by atoms with Gasteiger partial charge in [0.25, 0.3) is 0 Å². The summed E-state index contributed by atoms with van der Waals surface area (Å²) in [6, 6.07) is 6.66. The number of aliphatic imine (C=N–C) groups is 1. The molecule has 0 spiro atoms. The van der Waals surface area contributed by atoms with Crippen LogP contribution in [0.1, 0.15) is 38.3 Å². The number of guanidine groups is 1. The van der Waals surface area contributed by atoms with Gasteiger partial charge in [0.2, 0.25) is 0 Å². The number of nitrogens with one attached hydrogen (secondary N) is 2. The molecule has 1 aliphatic carbocycles. The van der Waals surface area contributed by atoms with Crippen LogP contribution < -0.4 is 10.6 Å². The zero-order valence-electron chi connectivity index (χ0n) is 15.0. The van der Waals surface area contributed by atoms with E-state index in [2.05, 4.69) is 29.5 Å². The fourth-order valence-electron chi connectivity index (χ4n) is 4.01. The van der Waals surface area contributed by atoms with Gasteiger partial charge in [0.1, 0.15) is 5.82 Å². The van der Waals surface area contributed by atoms with E-state index in [1.54, 1.807) is 6.07 Å². The Kier molecular flexibility index (Phi) is 4.96. The van der Waals surface area contributed by atoms with Crippen LogP contribution in [0.4, 0.5) is 4.39 Å². The maximum atomic E-state index is 13.9. The van der Waals surface area contributed by atoms with Crippen LogP contribution in [0.3, 0.4) is 0 Å². The first-order chi connectivity index (χ1) is 12.0. The Morgan fingerprint density at radius 1 is 1.48 bits per heavy atom. The van der Waals surface area contributed by atoms with E-state index in [0.717, 1.165) is 19.6 Å². The van der Waals surface area contributed by atoms with Crippen LogP contribution >= 0.6 is 0 Å². The summed E-state index contributed by atoms with van der Waals surface area (Å²) in [5.74, 6) is 0.831. The summed E-state index contributed by atoms with van der Waals surface area (Å²) >= 11 is 0. The summed E-state index contributed by atoms with van der Waals surface area (Å²) in [6.45, 7) is 8.14. The number of halogens is 1. The third-order valence-corrected chi connectivity index (χ3v) is 5.32. The van der Waals surface area contributed by atoms with Gasteiger partial charge in [-0.1, -0.05) is 13.8 Å². The number of benzene rings is 1. The van der Waals surface area contributed by atoms with Gasteiger partial charge in [-0.15, -0.1) is 0 Å². The number of hydrogen-bond acceptors (Lipinski definition) is 3. The van der Waals surface area contributed by atoms with Crippen LogP contribution in [0.2, 0.25) is 0 Å². The average molecular weight is 344 g/mol. The van der Waals surface area contributed by atoms with Crippen molar-refractivity contribution < 1.29 is 9.13 Å². The van der Waals surface area contributed by atoms with Crippen molar-refractivity contribution in [2.24, 2.45) is 16.3 Å². The van der Waals surface area contributed by atoms with E-state index in [0.29, 0.717) is 29.1 Å². The SMILES string of the molecule is CCNC(=NCc1cc(C#N)ccc1F)NC1C2CCOC2C1(C)C. The first kappa shape index (κ1) is 17.7. The number of ether oxygens (including phenoxy) is 1. The highest BCUT2D eigenvalue weighted by molar-refractivity contribution is 5.80. The summed E-state index contributed by atoms with van der Waals surface area (Å²) in [5, 5.41) is 15.7. The second-order valence-electron chi connectivity index (χ2n) is 7.30. The van der Waals surface area contributed by atoms with Crippen LogP contribution in [0.15, 0.2) is 23.2 Å². The highest BCUT2D eigenvalue weighted by Gasteiger charge is 2.59. The van der Waals surface area contributed by atoms with Gasteiger partial charge >= 0.3 is 0 Å². The molecule has 134 valence electrons. The number of hydrogen-bond donors (Lipinski definition) is 2. The quantitative estimate of drug-likeness (QED) is 0.651. The predicted molar refractivity (Wildman–Crippen MR) is 94.5 cm³/mol. The van der Waals surface area contributed by atoms with Crippen molar-refractivity contribution in [2.75, 3.05) is 13.2 Å². The topological polar surface area (TPSA) is 69.4 Å². The van der Waals surface area contributed by atoms with Gasteiger partial charge in [-0.25, -0.2) is 9.38 Å². The Morgan fingerprint density at radius 2 is 2.28 bits per heavy atom. The van der Waals surface area contributed by atoms with Crippen molar-refractivity contribution in [3.63, 3.8) is 0 Å². The molecule has 1 aromatic rings. The largest absolute Gasteiger partial charge is 0.377 e. The molecule has 3 rings (SSSR count). The van der Waals surface area contributed by atoms with Crippen molar-refractivity contribution >= 4 is 5.96 Å². The van der Waals surface area contributed by atoms with Gasteiger partial charge < -0.3 is 15.4 Å². The Labute approximate surface area is 148 Å². The third kappa shape index (κ3) is 3.34. The molecular formula is C19H25FN4O. The summed E-state index contributed by atoms with van der Waals surface area (Å²) < 4.78 is 19.8. The Morgan fingerprint density at radius 3 is 3.00 bits per heavy atom. The molecule has 6 heteroatoms. The van der Waals surface area contributed by atoms with Gasteiger partial charge in [-0.2, -0.15) is 5.26 Å². The molecule has 1 heterocycles. The molecule has 1 saturated carbocycles. The van der Waals surface area contributed by atoms with E-state index < -0.39 is 0 Å². The second-order valence-corrected chi connectivity index (χ2v) is 7.30. The molecule has 3 atom stereocenters. The molecule has 25 heavy (non-hydrogen) atoms. The summed E-state index contributed by atoms with van der Waals surface area (Å²) in [7, 11) is 0. The molecule has 1 aromatic carbocycles. The highest BCUT2D eigenvalue weighted by atomic mass is 19.1. The first-order valence-corrected chi connectivity index (χ1v) is 8.82. The van der Waals surface area contributed by atoms with E-state index in [1.807, 2.05) is 13.0 Å². The lowest BCUT2D eigenvalue weighted by Gasteiger charge is -2.54. The lowest BCUT2D eigenvalue weighted by molar-refractivity contribution is -0.106. The first-order valence-electron chi connectivity index (χ1n) is 8.82. The van der Waals surface area contributed by atoms with E-state index >= 15 is 0 Å². The van der Waals surface area contributed by atoms with Crippen LogP contribution in [0.25, 0.3) is 0 Å². The van der Waals surface area contributed by atoms with Crippen molar-refractivity contribution in [3.05, 3.63) is 35.1 Å². The van der Waals surface area contributed by atoms with E-state index in [1.165, 1.54) is 12.1 Å². The summed E-state index contributed by atoms with van der Waals surface area (Å²) in [5.41, 5.74) is 0.908. The summed E-state index contributed by atoms with van der Waals surface area (Å²) in [6.07, 6.45) is 1.36. The smallest absolute Gasteiger partial charge is 0.191 e. The number of nitriles is 1. The minimum absolute atomic E-state index is 0.0450. The Hall–Kier alpha value is -2.13. The zero-order chi connectivity index (χ0) is 18.0. The summed E-state index contributed by atoms with van der Waals surface area (Å²) in [4.78, 5) is 4.53. The lowest BCUT2D eigenvalue weighted by Crippen LogP contribution is -2.67. The monoisotopic (exact) mass is 344 g/mol. The van der Waals surface area contributed by atoms with Crippen molar-refractivity contribution in [3.8, 4) is 6.07 Å². The minimum Gasteiger partial charge on any atom is -0.377 e. The maximum absolute atomic E-state index is 13.9. The number of fused-ring (bicyclic) bond motifs is 1. The fourth-order valence-corrected chi connectivity index (χ4v) is 4.01. The molecule has 0 amide bonds. The van der Waals surface area contributed by atoms with Gasteiger partial charge in [0, 0.05) is 36.1 Å². The van der Waals surface area contributed by atoms with E-state index in [9.17, 15) is 4.39 Å². The van der Waals surface area contributed by atoms with Gasteiger partial charge in [0.15, 0.2) is 5.96 Å². The van der Waals surface area contributed by atoms with Gasteiger partial charge in [-0.3, -0.25) is 0 Å². The molecule has 0 radical (unpaired) electrons. The van der Waals surface area contributed by atoms with Crippen molar-refractivity contribution in [1.29, 1.82) is 5.26 Å². The zero-order valence-corrected chi connectivity index (χ0v) is 15.0. The predicted octanol–water partition coefficient (Wildman–Crippen LogP) is 2.57. The van der Waals surface area contributed by atoms with Crippen molar-refractivity contribution in [2.45, 2.75) is 45.9 Å². The molecule has 0 bridgehead atoms. The standard InChI is InChI=1S/C19H25FN4O/c1-4-22-18(23-11-13-9-12(10-21)5-6-15(13)20)24-16-14-7-8-25-17(14)19(16,2)3/h5-6,9,14,16-17H,4,7-8,11H2,1-3H3,(H2,22,23,24). The van der Waals surface area contributed by atoms with E-state index in [4.69, 9.17) is 10.00 Å². The fraction of sp³-hybridized carbons (Fsp3) is 0.579. The van der Waals surface area contributed by atoms with Gasteiger partial charge in [-0.05, 0) is 31.5 Å². The van der Waals surface area contributed by atoms with Crippen LogP contribution in [-0.2, 0) is 11.3 Å². The molecule has 0 aromatic heterocycles. The van der Waals surface area contributed by atoms with Crippen molar-refractivity contribution in [1.82, 2.24) is 10.6 Å². The molecule has 5 nitrogen and oxygen atoms in total. The molecule has 3 unspecified atom stereocenters. The van der Waals surface area contributed by atoms with Crippen LogP contribution in [-0.4, -0.2) is 31.3 Å². The molecule has 2 fully saturated rings. The van der Waals surface area contributed by atoms with Crippen LogP contribution in [0, 0.1) is 28.5 Å². The second kappa shape index (κ2) is 7.01.